The number of unbranched alkanes of at least 4 members (excludes halogenated alkanes) is 21. The molecule has 0 fully saturated rings. The van der Waals surface area contributed by atoms with E-state index in [1.807, 2.05) is 0 Å². The van der Waals surface area contributed by atoms with Crippen molar-refractivity contribution in [1.29, 1.82) is 0 Å². The highest BCUT2D eigenvalue weighted by molar-refractivity contribution is 7.57. The summed E-state index contributed by atoms with van der Waals surface area (Å²) in [6.45, 7) is 11.2. The van der Waals surface area contributed by atoms with Crippen molar-refractivity contribution in [3.63, 3.8) is 0 Å². The predicted molar refractivity (Wildman–Crippen MR) is 267 cm³/mol. The summed E-state index contributed by atoms with van der Waals surface area (Å²) < 4.78 is 11.2. The Labute approximate surface area is 377 Å². The molecule has 60 heavy (non-hydrogen) atoms. The monoisotopic (exact) mass is 862 g/mol. The van der Waals surface area contributed by atoms with Gasteiger partial charge in [-0.05, 0) is 115 Å². The zero-order valence-electron chi connectivity index (χ0n) is 41.3. The van der Waals surface area contributed by atoms with Crippen LogP contribution in [0.2, 0.25) is 0 Å². The predicted octanol–water partition coefficient (Wildman–Crippen LogP) is 16.8. The van der Waals surface area contributed by atoms with Crippen molar-refractivity contribution in [2.45, 2.75) is 246 Å². The first-order chi connectivity index (χ1) is 29.4. The van der Waals surface area contributed by atoms with E-state index in [2.05, 4.69) is 71.0 Å². The molecule has 354 valence electrons. The van der Waals surface area contributed by atoms with E-state index in [-0.39, 0.29) is 19.9 Å². The van der Waals surface area contributed by atoms with Crippen LogP contribution in [-0.4, -0.2) is 69.2 Å². The molecule has 5 nitrogen and oxygen atoms in total. The Balaban J connectivity index is 4.29. The summed E-state index contributed by atoms with van der Waals surface area (Å²) in [7, 11) is 4.47. The Hall–Kier alpha value is -1.19. The van der Waals surface area contributed by atoms with Crippen molar-refractivity contribution < 1.29 is 19.1 Å². The second-order valence-electron chi connectivity index (χ2n) is 18.5. The molecule has 0 bridgehead atoms. The maximum absolute atomic E-state index is 12.4. The van der Waals surface area contributed by atoms with Gasteiger partial charge >= 0.3 is 11.9 Å². The van der Waals surface area contributed by atoms with E-state index in [1.165, 1.54) is 205 Å². The van der Waals surface area contributed by atoms with Gasteiger partial charge in [-0.25, -0.2) is 0 Å². The van der Waals surface area contributed by atoms with Crippen LogP contribution in [0.5, 0.6) is 0 Å². The van der Waals surface area contributed by atoms with Crippen LogP contribution in [0.25, 0.3) is 0 Å². The van der Waals surface area contributed by atoms with Crippen LogP contribution < -0.4 is 0 Å². The number of carbonyl (C=O) groups is 2. The van der Waals surface area contributed by atoms with Gasteiger partial charge in [-0.15, -0.1) is 7.92 Å². The minimum atomic E-state index is -0.0313. The molecule has 0 aliphatic carbocycles. The zero-order valence-corrected chi connectivity index (χ0v) is 42.2. The Morgan fingerprint density at radius 1 is 0.433 bits per heavy atom. The van der Waals surface area contributed by atoms with Crippen LogP contribution in [0.1, 0.15) is 246 Å². The Kier molecular flexibility index (Phi) is 46.4. The highest BCUT2D eigenvalue weighted by Gasteiger charge is 2.10. The van der Waals surface area contributed by atoms with Crippen molar-refractivity contribution in [3.05, 3.63) is 24.3 Å². The fraction of sp³-hybridized carbons (Fsp3) is 0.889. The van der Waals surface area contributed by atoms with E-state index >= 15 is 0 Å². The van der Waals surface area contributed by atoms with E-state index in [0.29, 0.717) is 37.9 Å². The minimum Gasteiger partial charge on any atom is -0.461 e. The summed E-state index contributed by atoms with van der Waals surface area (Å²) in [5, 5.41) is 0. The van der Waals surface area contributed by atoms with Crippen molar-refractivity contribution in [3.8, 4) is 0 Å². The Morgan fingerprint density at radius 3 is 1.10 bits per heavy atom. The van der Waals surface area contributed by atoms with Gasteiger partial charge in [0, 0.05) is 12.8 Å². The van der Waals surface area contributed by atoms with Gasteiger partial charge in [-0.3, -0.25) is 9.59 Å². The molecular formula is C54H104NO4P. The molecule has 0 heterocycles. The molecule has 0 saturated heterocycles. The SMILES string of the molecule is CCCCCCC(/C=C\COC(=O)CCCCCCCP(CCCCCCCC(=O)OC/C=C\C(CCCCCC)CCCCCC)CCCCN(C)C)CCCCCC. The van der Waals surface area contributed by atoms with Crippen LogP contribution in [0.15, 0.2) is 24.3 Å². The number of carbonyl (C=O) groups excluding carboxylic acids is 2. The normalized spacial score (nSPS) is 12.1. The second kappa shape index (κ2) is 47.3. The number of rotatable bonds is 47. The van der Waals surface area contributed by atoms with E-state index in [1.54, 1.807) is 0 Å². The maximum atomic E-state index is 12.4. The molecule has 6 heteroatoms. The average molecular weight is 862 g/mol. The first kappa shape index (κ1) is 58.8. The largest absolute Gasteiger partial charge is 0.461 e. The van der Waals surface area contributed by atoms with Crippen LogP contribution in [0, 0.1) is 11.8 Å². The molecule has 0 aromatic heterocycles. The lowest BCUT2D eigenvalue weighted by molar-refractivity contribution is -0.143. The number of nitrogens with zero attached hydrogens (tertiary/aromatic N) is 1. The lowest BCUT2D eigenvalue weighted by Crippen LogP contribution is -2.13. The quantitative estimate of drug-likeness (QED) is 0.0264. The third-order valence-corrected chi connectivity index (χ3v) is 15.1. The summed E-state index contributed by atoms with van der Waals surface area (Å²) in [5.74, 6) is 1.21. The highest BCUT2D eigenvalue weighted by Crippen LogP contribution is 2.39. The Morgan fingerprint density at radius 2 is 0.750 bits per heavy atom. The molecule has 0 N–H and O–H groups in total. The smallest absolute Gasteiger partial charge is 0.306 e. The third kappa shape index (κ3) is 43.5. The van der Waals surface area contributed by atoms with Gasteiger partial charge < -0.3 is 14.4 Å². The van der Waals surface area contributed by atoms with Crippen LogP contribution >= 0.6 is 7.92 Å². The van der Waals surface area contributed by atoms with Crippen LogP contribution in [-0.2, 0) is 19.1 Å². The molecule has 0 aliphatic heterocycles. The van der Waals surface area contributed by atoms with Gasteiger partial charge in [0.25, 0.3) is 0 Å². The van der Waals surface area contributed by atoms with Gasteiger partial charge in [0.15, 0.2) is 0 Å². The molecule has 0 radical (unpaired) electrons. The molecule has 0 rings (SSSR count). The second-order valence-corrected chi connectivity index (χ2v) is 21.2. The number of hydrogen-bond acceptors (Lipinski definition) is 5. The number of esters is 2. The van der Waals surface area contributed by atoms with Gasteiger partial charge in [-0.1, -0.05) is 193 Å². The Bertz CT molecular complexity index is 875. The minimum absolute atomic E-state index is 0.0313. The fourth-order valence-corrected chi connectivity index (χ4v) is 11.0. The summed E-state index contributed by atoms with van der Waals surface area (Å²) in [6.07, 6.45) is 55.0. The molecule has 0 aliphatic rings. The maximum Gasteiger partial charge on any atom is 0.306 e. The van der Waals surface area contributed by atoms with Crippen molar-refractivity contribution in [1.82, 2.24) is 4.90 Å². The molecule has 0 amide bonds. The van der Waals surface area contributed by atoms with E-state index in [9.17, 15) is 9.59 Å². The first-order valence-electron chi connectivity index (χ1n) is 26.4. The van der Waals surface area contributed by atoms with Gasteiger partial charge in [0.2, 0.25) is 0 Å². The van der Waals surface area contributed by atoms with Gasteiger partial charge in [0.1, 0.15) is 13.2 Å². The van der Waals surface area contributed by atoms with E-state index < -0.39 is 0 Å². The topological polar surface area (TPSA) is 55.8 Å². The zero-order chi connectivity index (χ0) is 44.0. The molecule has 0 saturated carbocycles. The van der Waals surface area contributed by atoms with Gasteiger partial charge in [0.05, 0.1) is 0 Å². The van der Waals surface area contributed by atoms with Crippen LogP contribution in [0.4, 0.5) is 0 Å². The molecule has 0 atom stereocenters. The lowest BCUT2D eigenvalue weighted by Gasteiger charge is -2.18. The third-order valence-electron chi connectivity index (χ3n) is 12.3. The summed E-state index contributed by atoms with van der Waals surface area (Å²) in [6, 6.07) is 0. The number of allylic oxidation sites excluding steroid dienone is 2. The van der Waals surface area contributed by atoms with Crippen molar-refractivity contribution in [2.75, 3.05) is 52.3 Å². The van der Waals surface area contributed by atoms with E-state index in [0.717, 1.165) is 25.7 Å². The summed E-state index contributed by atoms with van der Waals surface area (Å²) in [5.41, 5.74) is 0. The van der Waals surface area contributed by atoms with Crippen LogP contribution in [0.3, 0.4) is 0 Å². The molecule has 0 spiro atoms. The van der Waals surface area contributed by atoms with Gasteiger partial charge in [-0.2, -0.15) is 0 Å². The van der Waals surface area contributed by atoms with E-state index in [4.69, 9.17) is 9.47 Å². The van der Waals surface area contributed by atoms with Crippen molar-refractivity contribution >= 4 is 19.9 Å². The molecule has 0 unspecified atom stereocenters. The first-order valence-corrected chi connectivity index (χ1v) is 28.3. The van der Waals surface area contributed by atoms with Crippen molar-refractivity contribution in [2.24, 2.45) is 11.8 Å². The highest BCUT2D eigenvalue weighted by atomic mass is 31.1. The molecular weight excluding hydrogens is 758 g/mol. The molecule has 0 aromatic rings. The fourth-order valence-electron chi connectivity index (χ4n) is 8.30. The summed E-state index contributed by atoms with van der Waals surface area (Å²) in [4.78, 5) is 27.1. The number of ether oxygens (including phenoxy) is 2. The molecule has 0 aromatic carbocycles. The average Bonchev–Trinajstić information content (AvgIpc) is 3.24. The standard InChI is InChI=1S/C54H104NO4P/c1-7-11-15-25-37-51(38-26-16-12-8-2)41-35-46-58-53(56)43-29-21-19-23-32-48-60(50-34-31-45-55(5)6)49-33-24-20-22-30-44-54(57)59-47-36-42-52(39-27-17-13-9-3)40-28-18-14-10-4/h35-36,41-42,51-52H,7-34,37-40,43-50H2,1-6H3/b41-35-,42-36-. The number of hydrogen-bond donors (Lipinski definition) is 0. The lowest BCUT2D eigenvalue weighted by atomic mass is 9.94. The summed E-state index contributed by atoms with van der Waals surface area (Å²) >= 11 is 0.